The van der Waals surface area contributed by atoms with Crippen molar-refractivity contribution in [2.75, 3.05) is 0 Å². The van der Waals surface area contributed by atoms with Crippen LogP contribution in [-0.2, 0) is 12.5 Å². The van der Waals surface area contributed by atoms with E-state index in [0.29, 0.717) is 5.82 Å². The first kappa shape index (κ1) is 8.86. The first-order chi connectivity index (χ1) is 5.46. The lowest BCUT2D eigenvalue weighted by Gasteiger charge is -2.18. The van der Waals surface area contributed by atoms with Crippen LogP contribution in [0.5, 0.6) is 0 Å². The summed E-state index contributed by atoms with van der Waals surface area (Å²) in [6, 6.07) is 0. The predicted octanol–water partition coefficient (Wildman–Crippen LogP) is 1.70. The van der Waals surface area contributed by atoms with Gasteiger partial charge in [0.1, 0.15) is 0 Å². The molecule has 0 unspecified atom stereocenters. The summed E-state index contributed by atoms with van der Waals surface area (Å²) in [7, 11) is 1.95. The van der Waals surface area contributed by atoms with E-state index in [4.69, 9.17) is 6.42 Å². The maximum Gasteiger partial charge on any atom is 0.184 e. The van der Waals surface area contributed by atoms with Crippen molar-refractivity contribution in [2.24, 2.45) is 7.05 Å². The molecular formula is C10H14N2. The number of aromatic nitrogens is 2. The van der Waals surface area contributed by atoms with E-state index in [2.05, 4.69) is 31.7 Å². The highest BCUT2D eigenvalue weighted by Gasteiger charge is 2.18. The molecule has 1 aromatic rings. The SMILES string of the molecule is C#Cc1ncc(C(C)(C)C)n1C. The van der Waals surface area contributed by atoms with E-state index in [1.807, 2.05) is 17.8 Å². The summed E-state index contributed by atoms with van der Waals surface area (Å²) in [6.45, 7) is 6.43. The molecule has 0 atom stereocenters. The van der Waals surface area contributed by atoms with Crippen LogP contribution in [0.15, 0.2) is 6.20 Å². The Morgan fingerprint density at radius 2 is 2.08 bits per heavy atom. The van der Waals surface area contributed by atoms with Gasteiger partial charge in [0.2, 0.25) is 0 Å². The second kappa shape index (κ2) is 2.67. The van der Waals surface area contributed by atoms with Crippen molar-refractivity contribution in [1.82, 2.24) is 9.55 Å². The molecule has 0 saturated heterocycles. The molecule has 0 amide bonds. The molecule has 0 saturated carbocycles. The molecule has 0 fully saturated rings. The Labute approximate surface area is 73.6 Å². The van der Waals surface area contributed by atoms with Crippen LogP contribution in [0.4, 0.5) is 0 Å². The molecule has 12 heavy (non-hydrogen) atoms. The molecule has 0 bridgehead atoms. The normalized spacial score (nSPS) is 11.2. The van der Waals surface area contributed by atoms with Gasteiger partial charge in [-0.2, -0.15) is 0 Å². The second-order valence-corrected chi connectivity index (χ2v) is 3.92. The molecule has 0 aliphatic rings. The van der Waals surface area contributed by atoms with Crippen LogP contribution in [0.3, 0.4) is 0 Å². The van der Waals surface area contributed by atoms with E-state index in [9.17, 15) is 0 Å². The fourth-order valence-electron chi connectivity index (χ4n) is 1.24. The van der Waals surface area contributed by atoms with E-state index in [1.165, 1.54) is 0 Å². The maximum absolute atomic E-state index is 5.27. The lowest BCUT2D eigenvalue weighted by atomic mass is 9.93. The topological polar surface area (TPSA) is 17.8 Å². The highest BCUT2D eigenvalue weighted by molar-refractivity contribution is 5.23. The van der Waals surface area contributed by atoms with Crippen LogP contribution < -0.4 is 0 Å². The monoisotopic (exact) mass is 162 g/mol. The Kier molecular flexibility index (Phi) is 1.97. The Morgan fingerprint density at radius 1 is 1.50 bits per heavy atom. The van der Waals surface area contributed by atoms with Crippen LogP contribution in [0.2, 0.25) is 0 Å². The molecule has 0 N–H and O–H groups in total. The first-order valence-corrected chi connectivity index (χ1v) is 3.95. The second-order valence-electron chi connectivity index (χ2n) is 3.92. The van der Waals surface area contributed by atoms with Crippen molar-refractivity contribution in [2.45, 2.75) is 26.2 Å². The largest absolute Gasteiger partial charge is 0.324 e. The lowest BCUT2D eigenvalue weighted by molar-refractivity contribution is 0.542. The third kappa shape index (κ3) is 1.35. The summed E-state index contributed by atoms with van der Waals surface area (Å²) in [6.07, 6.45) is 7.12. The molecular weight excluding hydrogens is 148 g/mol. The van der Waals surface area contributed by atoms with Gasteiger partial charge in [-0.15, -0.1) is 6.42 Å². The standard InChI is InChI=1S/C10H14N2/c1-6-9-11-7-8(12(9)5)10(2,3)4/h1,7H,2-5H3. The first-order valence-electron chi connectivity index (χ1n) is 3.95. The van der Waals surface area contributed by atoms with Crippen LogP contribution in [-0.4, -0.2) is 9.55 Å². The Bertz CT molecular complexity index is 321. The van der Waals surface area contributed by atoms with Gasteiger partial charge in [0.25, 0.3) is 0 Å². The van der Waals surface area contributed by atoms with Crippen LogP contribution in [0, 0.1) is 12.3 Å². The van der Waals surface area contributed by atoms with Gasteiger partial charge in [0.05, 0.1) is 6.20 Å². The Hall–Kier alpha value is -1.23. The number of nitrogens with zero attached hydrogens (tertiary/aromatic N) is 2. The van der Waals surface area contributed by atoms with Crippen molar-refractivity contribution in [3.63, 3.8) is 0 Å². The summed E-state index contributed by atoms with van der Waals surface area (Å²) in [5.74, 6) is 3.23. The van der Waals surface area contributed by atoms with Gasteiger partial charge in [-0.3, -0.25) is 0 Å². The van der Waals surface area contributed by atoms with E-state index < -0.39 is 0 Å². The zero-order valence-corrected chi connectivity index (χ0v) is 8.05. The molecule has 64 valence electrons. The predicted molar refractivity (Wildman–Crippen MR) is 49.8 cm³/mol. The molecule has 1 rings (SSSR count). The van der Waals surface area contributed by atoms with E-state index in [0.717, 1.165) is 5.69 Å². The smallest absolute Gasteiger partial charge is 0.184 e. The number of hydrogen-bond donors (Lipinski definition) is 0. The fourth-order valence-corrected chi connectivity index (χ4v) is 1.24. The van der Waals surface area contributed by atoms with Crippen molar-refractivity contribution in [3.8, 4) is 12.3 Å². The highest BCUT2D eigenvalue weighted by atomic mass is 15.1. The van der Waals surface area contributed by atoms with E-state index in [1.54, 1.807) is 0 Å². The van der Waals surface area contributed by atoms with Crippen molar-refractivity contribution in [1.29, 1.82) is 0 Å². The summed E-state index contributed by atoms with van der Waals surface area (Å²) in [5, 5.41) is 0. The summed E-state index contributed by atoms with van der Waals surface area (Å²) < 4.78 is 1.96. The maximum atomic E-state index is 5.27. The van der Waals surface area contributed by atoms with Crippen LogP contribution >= 0.6 is 0 Å². The molecule has 1 heterocycles. The third-order valence-electron chi connectivity index (χ3n) is 1.89. The summed E-state index contributed by atoms with van der Waals surface area (Å²) >= 11 is 0. The highest BCUT2D eigenvalue weighted by Crippen LogP contribution is 2.21. The van der Waals surface area contributed by atoms with Crippen molar-refractivity contribution >= 4 is 0 Å². The molecule has 0 aromatic carbocycles. The van der Waals surface area contributed by atoms with Gasteiger partial charge in [-0.05, 0) is 5.92 Å². The number of hydrogen-bond acceptors (Lipinski definition) is 1. The van der Waals surface area contributed by atoms with E-state index in [-0.39, 0.29) is 5.41 Å². The average molecular weight is 162 g/mol. The third-order valence-corrected chi connectivity index (χ3v) is 1.89. The minimum Gasteiger partial charge on any atom is -0.324 e. The minimum absolute atomic E-state index is 0.108. The summed E-state index contributed by atoms with van der Waals surface area (Å²) in [4.78, 5) is 4.13. The minimum atomic E-state index is 0.108. The molecule has 2 heteroatoms. The van der Waals surface area contributed by atoms with Gasteiger partial charge < -0.3 is 4.57 Å². The number of imidazole rings is 1. The molecule has 0 radical (unpaired) electrons. The van der Waals surface area contributed by atoms with E-state index >= 15 is 0 Å². The molecule has 2 nitrogen and oxygen atoms in total. The number of rotatable bonds is 0. The summed E-state index contributed by atoms with van der Waals surface area (Å²) in [5.41, 5.74) is 1.27. The van der Waals surface area contributed by atoms with Gasteiger partial charge in [0, 0.05) is 18.2 Å². The number of terminal acetylenes is 1. The van der Waals surface area contributed by atoms with Gasteiger partial charge in [-0.25, -0.2) is 4.98 Å². The van der Waals surface area contributed by atoms with Crippen molar-refractivity contribution in [3.05, 3.63) is 17.7 Å². The van der Waals surface area contributed by atoms with Gasteiger partial charge in [0.15, 0.2) is 5.82 Å². The lowest BCUT2D eigenvalue weighted by Crippen LogP contribution is -2.16. The average Bonchev–Trinajstić information content (AvgIpc) is 2.29. The zero-order chi connectivity index (χ0) is 9.35. The molecule has 0 aliphatic heterocycles. The zero-order valence-electron chi connectivity index (χ0n) is 8.05. The van der Waals surface area contributed by atoms with Gasteiger partial charge >= 0.3 is 0 Å². The molecule has 0 spiro atoms. The van der Waals surface area contributed by atoms with Crippen molar-refractivity contribution < 1.29 is 0 Å². The van der Waals surface area contributed by atoms with Crippen LogP contribution in [0.1, 0.15) is 32.3 Å². The quantitative estimate of drug-likeness (QED) is 0.531. The van der Waals surface area contributed by atoms with Gasteiger partial charge in [-0.1, -0.05) is 20.8 Å². The Balaban J connectivity index is 3.22. The Morgan fingerprint density at radius 3 is 2.33 bits per heavy atom. The van der Waals surface area contributed by atoms with Crippen LogP contribution in [0.25, 0.3) is 0 Å². The molecule has 1 aromatic heterocycles. The fraction of sp³-hybridized carbons (Fsp3) is 0.500. The molecule has 0 aliphatic carbocycles.